The first-order valence-electron chi connectivity index (χ1n) is 12.1. The molecule has 2 aromatic heterocycles. The number of nitrogens with zero attached hydrogens (tertiary/aromatic N) is 5. The Balaban J connectivity index is 1.36. The van der Waals surface area contributed by atoms with Crippen molar-refractivity contribution in [3.63, 3.8) is 0 Å². The van der Waals surface area contributed by atoms with Crippen molar-refractivity contribution < 1.29 is 23.8 Å². The van der Waals surface area contributed by atoms with Crippen molar-refractivity contribution in [2.24, 2.45) is 5.92 Å². The van der Waals surface area contributed by atoms with Gasteiger partial charge in [0.15, 0.2) is 11.6 Å². The molecule has 1 fully saturated rings. The number of benzene rings is 1. The zero-order chi connectivity index (χ0) is 26.4. The molecule has 12 heteroatoms. The fourth-order valence-electron chi connectivity index (χ4n) is 4.43. The summed E-state index contributed by atoms with van der Waals surface area (Å²) in [5.74, 6) is -0.338. The molecule has 0 atom stereocenters. The molecule has 0 spiro atoms. The van der Waals surface area contributed by atoms with Gasteiger partial charge in [-0.05, 0) is 73.6 Å². The van der Waals surface area contributed by atoms with Crippen LogP contribution in [0.2, 0.25) is 0 Å². The van der Waals surface area contributed by atoms with E-state index in [-0.39, 0.29) is 35.8 Å². The van der Waals surface area contributed by atoms with E-state index in [1.165, 1.54) is 19.2 Å². The van der Waals surface area contributed by atoms with Crippen LogP contribution in [0.1, 0.15) is 47.4 Å². The van der Waals surface area contributed by atoms with Crippen LogP contribution in [0.3, 0.4) is 0 Å². The third-order valence-corrected chi connectivity index (χ3v) is 6.34. The zero-order valence-electron chi connectivity index (χ0n) is 20.8. The lowest BCUT2D eigenvalue weighted by Gasteiger charge is -2.28. The number of aliphatic hydroxyl groups is 1. The Kier molecular flexibility index (Phi) is 8.39. The van der Waals surface area contributed by atoms with Crippen LogP contribution in [0, 0.1) is 18.7 Å². The van der Waals surface area contributed by atoms with E-state index in [1.807, 2.05) is 0 Å². The molecule has 4 rings (SSSR count). The monoisotopic (exact) mass is 511 g/mol. The van der Waals surface area contributed by atoms with Gasteiger partial charge in [0.05, 0.1) is 13.7 Å². The quantitative estimate of drug-likeness (QED) is 0.394. The molecular weight excluding hydrogens is 481 g/mol. The Labute approximate surface area is 213 Å². The van der Waals surface area contributed by atoms with Gasteiger partial charge in [0.1, 0.15) is 12.3 Å². The Morgan fingerprint density at radius 2 is 1.97 bits per heavy atom. The number of halogens is 1. The molecule has 1 saturated carbocycles. The summed E-state index contributed by atoms with van der Waals surface area (Å²) >= 11 is 0. The third-order valence-electron chi connectivity index (χ3n) is 6.34. The van der Waals surface area contributed by atoms with Crippen LogP contribution in [-0.4, -0.2) is 61.9 Å². The summed E-state index contributed by atoms with van der Waals surface area (Å²) in [5, 5.41) is 27.4. The molecule has 0 saturated heterocycles. The highest BCUT2D eigenvalue weighted by Gasteiger charge is 2.23. The molecule has 3 aromatic rings. The molecule has 0 radical (unpaired) electrons. The number of carbonyl (C=O) groups is 2. The van der Waals surface area contributed by atoms with E-state index in [0.717, 1.165) is 25.7 Å². The highest BCUT2D eigenvalue weighted by Crippen LogP contribution is 2.26. The van der Waals surface area contributed by atoms with E-state index in [2.05, 4.69) is 31.0 Å². The van der Waals surface area contributed by atoms with Gasteiger partial charge >= 0.3 is 0 Å². The number of aryl methyl sites for hydroxylation is 1. The fourth-order valence-corrected chi connectivity index (χ4v) is 4.43. The Bertz CT molecular complexity index is 1260. The third kappa shape index (κ3) is 6.85. The molecule has 11 nitrogen and oxygen atoms in total. The van der Waals surface area contributed by atoms with E-state index in [0.29, 0.717) is 35.1 Å². The van der Waals surface area contributed by atoms with Crippen molar-refractivity contribution in [1.82, 2.24) is 35.8 Å². The maximum atomic E-state index is 13.6. The number of ether oxygens (including phenoxy) is 1. The van der Waals surface area contributed by atoms with Crippen LogP contribution in [0.25, 0.3) is 11.4 Å². The number of rotatable bonds is 9. The van der Waals surface area contributed by atoms with Crippen molar-refractivity contribution in [3.05, 3.63) is 53.1 Å². The molecular formula is C25H30FN7O4. The number of pyridine rings is 1. The second kappa shape index (κ2) is 11.9. The number of carbonyl (C=O) groups excluding carboxylic acids is 2. The van der Waals surface area contributed by atoms with Crippen LogP contribution in [0.4, 0.5) is 4.39 Å². The Hall–Kier alpha value is -3.93. The number of hydrogen-bond donors (Lipinski definition) is 3. The minimum absolute atomic E-state index is 0.0876. The van der Waals surface area contributed by atoms with E-state index < -0.39 is 12.4 Å². The first kappa shape index (κ1) is 26.1. The van der Waals surface area contributed by atoms with E-state index >= 15 is 0 Å². The number of hydrogen-bond acceptors (Lipinski definition) is 8. The van der Waals surface area contributed by atoms with Crippen molar-refractivity contribution in [1.29, 1.82) is 0 Å². The van der Waals surface area contributed by atoms with Gasteiger partial charge in [0.2, 0.25) is 11.7 Å². The van der Waals surface area contributed by atoms with Crippen LogP contribution >= 0.6 is 0 Å². The van der Waals surface area contributed by atoms with Gasteiger partial charge in [-0.1, -0.05) is 6.07 Å². The van der Waals surface area contributed by atoms with Gasteiger partial charge < -0.3 is 20.5 Å². The first-order valence-corrected chi connectivity index (χ1v) is 12.1. The largest absolute Gasteiger partial charge is 0.494 e. The summed E-state index contributed by atoms with van der Waals surface area (Å²) in [6.45, 7) is 2.07. The molecule has 1 aliphatic rings. The number of amides is 2. The summed E-state index contributed by atoms with van der Waals surface area (Å²) < 4.78 is 18.6. The predicted molar refractivity (Wildman–Crippen MR) is 131 cm³/mol. The molecule has 0 bridgehead atoms. The predicted octanol–water partition coefficient (Wildman–Crippen LogP) is 1.79. The summed E-state index contributed by atoms with van der Waals surface area (Å²) in [6, 6.07) is 7.89. The molecule has 1 aliphatic carbocycles. The lowest BCUT2D eigenvalue weighted by Crippen LogP contribution is -2.39. The van der Waals surface area contributed by atoms with Crippen molar-refractivity contribution in [2.45, 2.75) is 51.7 Å². The Morgan fingerprint density at radius 1 is 1.19 bits per heavy atom. The molecule has 2 heterocycles. The van der Waals surface area contributed by atoms with Crippen molar-refractivity contribution >= 4 is 11.8 Å². The average Bonchev–Trinajstić information content (AvgIpc) is 3.37. The van der Waals surface area contributed by atoms with Crippen LogP contribution in [0.15, 0.2) is 30.3 Å². The van der Waals surface area contributed by atoms with Crippen LogP contribution in [0.5, 0.6) is 5.75 Å². The number of methoxy groups -OCH3 is 1. The standard InChI is InChI=1S/C25H30FN7O4/c1-15-9-18(11-21(28-15)25(36)27-12-17-5-8-20(26)22(10-17)37-2)24-30-32-33(31-24)13-16-3-6-19(7-4-16)29-23(35)14-34/h5,8-11,16,19,34H,3-4,6-7,12-14H2,1-2H3,(H,27,36)(H,29,35). The van der Waals surface area contributed by atoms with E-state index in [1.54, 1.807) is 29.9 Å². The van der Waals surface area contributed by atoms with Gasteiger partial charge in [-0.3, -0.25) is 9.59 Å². The lowest BCUT2D eigenvalue weighted by molar-refractivity contribution is -0.124. The number of tetrazole rings is 1. The average molecular weight is 512 g/mol. The minimum atomic E-state index is -0.493. The van der Waals surface area contributed by atoms with Gasteiger partial charge in [0, 0.05) is 23.8 Å². The maximum absolute atomic E-state index is 13.6. The molecule has 3 N–H and O–H groups in total. The highest BCUT2D eigenvalue weighted by atomic mass is 19.1. The highest BCUT2D eigenvalue weighted by molar-refractivity contribution is 5.93. The normalized spacial score (nSPS) is 17.3. The van der Waals surface area contributed by atoms with Crippen LogP contribution in [-0.2, 0) is 17.9 Å². The summed E-state index contributed by atoms with van der Waals surface area (Å²) in [4.78, 5) is 30.0. The lowest BCUT2D eigenvalue weighted by atomic mass is 9.86. The minimum Gasteiger partial charge on any atom is -0.494 e. The second-order valence-electron chi connectivity index (χ2n) is 9.15. The SMILES string of the molecule is COc1cc(CNC(=O)c2cc(-c3nnn(CC4CCC(NC(=O)CO)CC4)n3)cc(C)n2)ccc1F. The molecule has 37 heavy (non-hydrogen) atoms. The van der Waals surface area contributed by atoms with E-state index in [4.69, 9.17) is 9.84 Å². The number of nitrogens with one attached hydrogen (secondary N) is 2. The topological polar surface area (TPSA) is 144 Å². The first-order chi connectivity index (χ1) is 17.8. The molecule has 196 valence electrons. The molecule has 2 amide bonds. The summed E-state index contributed by atoms with van der Waals surface area (Å²) in [7, 11) is 1.38. The Morgan fingerprint density at radius 3 is 2.70 bits per heavy atom. The second-order valence-corrected chi connectivity index (χ2v) is 9.15. The number of aromatic nitrogens is 5. The fraction of sp³-hybridized carbons (Fsp3) is 0.440. The molecule has 0 unspecified atom stereocenters. The maximum Gasteiger partial charge on any atom is 0.270 e. The van der Waals surface area contributed by atoms with Gasteiger partial charge in [-0.25, -0.2) is 9.37 Å². The number of aliphatic hydroxyl groups excluding tert-OH is 1. The molecule has 1 aromatic carbocycles. The van der Waals surface area contributed by atoms with Crippen molar-refractivity contribution in [3.8, 4) is 17.1 Å². The van der Waals surface area contributed by atoms with Gasteiger partial charge in [-0.15, -0.1) is 10.2 Å². The summed E-state index contributed by atoms with van der Waals surface area (Å²) in [6.07, 6.45) is 3.49. The van der Waals surface area contributed by atoms with Gasteiger partial charge in [-0.2, -0.15) is 4.80 Å². The summed E-state index contributed by atoms with van der Waals surface area (Å²) in [5.41, 5.74) is 2.16. The van der Waals surface area contributed by atoms with Gasteiger partial charge in [0.25, 0.3) is 5.91 Å². The van der Waals surface area contributed by atoms with E-state index in [9.17, 15) is 14.0 Å². The molecule has 0 aliphatic heterocycles. The van der Waals surface area contributed by atoms with Crippen molar-refractivity contribution in [2.75, 3.05) is 13.7 Å². The smallest absolute Gasteiger partial charge is 0.270 e. The van der Waals surface area contributed by atoms with Crippen LogP contribution < -0.4 is 15.4 Å². The zero-order valence-corrected chi connectivity index (χ0v) is 20.8.